The van der Waals surface area contributed by atoms with Crippen molar-refractivity contribution in [3.05, 3.63) is 40.7 Å². The Labute approximate surface area is 122 Å². The largest absolute Gasteiger partial charge is 0.376 e. The molecule has 1 saturated heterocycles. The lowest BCUT2D eigenvalue weighted by molar-refractivity contribution is -0.0864. The normalized spacial score (nSPS) is 19.1. The molecule has 0 spiro atoms. The van der Waals surface area contributed by atoms with Gasteiger partial charge in [-0.25, -0.2) is 4.98 Å². The molecule has 20 heavy (non-hydrogen) atoms. The first-order chi connectivity index (χ1) is 9.92. The quantitative estimate of drug-likeness (QED) is 0.918. The van der Waals surface area contributed by atoms with E-state index in [0.717, 1.165) is 23.8 Å². The molecule has 1 aromatic heterocycles. The summed E-state index contributed by atoms with van der Waals surface area (Å²) < 4.78 is 11.0. The van der Waals surface area contributed by atoms with Crippen molar-refractivity contribution < 1.29 is 9.47 Å². The number of hydrogen-bond donors (Lipinski definition) is 1. The molecule has 106 valence electrons. The summed E-state index contributed by atoms with van der Waals surface area (Å²) in [5, 5.41) is 6.58. The topological polar surface area (TPSA) is 43.4 Å². The van der Waals surface area contributed by atoms with E-state index in [-0.39, 0.29) is 6.10 Å². The number of aromatic nitrogens is 1. The van der Waals surface area contributed by atoms with Crippen LogP contribution in [0, 0.1) is 0 Å². The van der Waals surface area contributed by atoms with E-state index < -0.39 is 0 Å². The zero-order chi connectivity index (χ0) is 13.6. The van der Waals surface area contributed by atoms with Gasteiger partial charge in [-0.15, -0.1) is 11.3 Å². The van der Waals surface area contributed by atoms with Gasteiger partial charge in [0, 0.05) is 24.0 Å². The molecule has 0 aliphatic carbocycles. The van der Waals surface area contributed by atoms with Crippen molar-refractivity contribution in [1.82, 2.24) is 10.3 Å². The highest BCUT2D eigenvalue weighted by Gasteiger charge is 2.13. The van der Waals surface area contributed by atoms with Gasteiger partial charge in [-0.3, -0.25) is 0 Å². The zero-order valence-electron chi connectivity index (χ0n) is 11.2. The molecule has 1 aliphatic heterocycles. The average molecular weight is 290 g/mol. The van der Waals surface area contributed by atoms with Gasteiger partial charge in [0.15, 0.2) is 0 Å². The van der Waals surface area contributed by atoms with Crippen molar-refractivity contribution in [2.45, 2.75) is 12.6 Å². The van der Waals surface area contributed by atoms with E-state index in [4.69, 9.17) is 9.47 Å². The number of nitrogens with one attached hydrogen (secondary N) is 1. The molecule has 1 N–H and O–H groups in total. The van der Waals surface area contributed by atoms with Gasteiger partial charge in [0.05, 0.1) is 31.6 Å². The molecular weight excluding hydrogens is 272 g/mol. The van der Waals surface area contributed by atoms with Crippen LogP contribution in [0.1, 0.15) is 5.01 Å². The van der Waals surface area contributed by atoms with E-state index in [1.54, 1.807) is 11.3 Å². The molecule has 3 rings (SSSR count). The van der Waals surface area contributed by atoms with E-state index in [9.17, 15) is 0 Å². The van der Waals surface area contributed by atoms with Crippen LogP contribution in [0.25, 0.3) is 11.3 Å². The van der Waals surface area contributed by atoms with Crippen LogP contribution in [0.5, 0.6) is 0 Å². The van der Waals surface area contributed by atoms with Crippen molar-refractivity contribution in [3.8, 4) is 11.3 Å². The van der Waals surface area contributed by atoms with E-state index in [2.05, 4.69) is 27.8 Å². The fourth-order valence-corrected chi connectivity index (χ4v) is 2.90. The second-order valence-electron chi connectivity index (χ2n) is 4.69. The molecule has 1 atom stereocenters. The zero-order valence-corrected chi connectivity index (χ0v) is 12.1. The van der Waals surface area contributed by atoms with Crippen molar-refractivity contribution >= 4 is 11.3 Å². The van der Waals surface area contributed by atoms with Crippen LogP contribution in [-0.4, -0.2) is 37.5 Å². The van der Waals surface area contributed by atoms with Crippen LogP contribution in [0.4, 0.5) is 0 Å². The van der Waals surface area contributed by atoms with E-state index >= 15 is 0 Å². The Balaban J connectivity index is 1.50. The summed E-state index contributed by atoms with van der Waals surface area (Å²) in [4.78, 5) is 4.65. The highest BCUT2D eigenvalue weighted by molar-refractivity contribution is 7.09. The number of benzene rings is 1. The Morgan fingerprint density at radius 3 is 2.95 bits per heavy atom. The first-order valence-corrected chi connectivity index (χ1v) is 7.69. The predicted molar refractivity (Wildman–Crippen MR) is 79.8 cm³/mol. The molecule has 0 saturated carbocycles. The summed E-state index contributed by atoms with van der Waals surface area (Å²) in [6.45, 7) is 3.67. The number of hydrogen-bond acceptors (Lipinski definition) is 5. The minimum absolute atomic E-state index is 0.164. The molecule has 0 radical (unpaired) electrons. The van der Waals surface area contributed by atoms with E-state index in [0.29, 0.717) is 19.8 Å². The molecule has 5 heteroatoms. The third-order valence-corrected chi connectivity index (χ3v) is 4.00. The summed E-state index contributed by atoms with van der Waals surface area (Å²) in [7, 11) is 0. The third kappa shape index (κ3) is 3.64. The third-order valence-electron chi connectivity index (χ3n) is 3.15. The molecule has 2 heterocycles. The monoisotopic (exact) mass is 290 g/mol. The summed E-state index contributed by atoms with van der Waals surface area (Å²) >= 11 is 1.69. The maximum Gasteiger partial charge on any atom is 0.107 e. The maximum atomic E-state index is 5.59. The van der Waals surface area contributed by atoms with Crippen molar-refractivity contribution in [3.63, 3.8) is 0 Å². The van der Waals surface area contributed by atoms with Gasteiger partial charge in [0.1, 0.15) is 5.01 Å². The number of nitrogens with zero attached hydrogens (tertiary/aromatic N) is 1. The Kier molecular flexibility index (Phi) is 4.76. The fraction of sp³-hybridized carbons (Fsp3) is 0.400. The van der Waals surface area contributed by atoms with Gasteiger partial charge in [0.2, 0.25) is 0 Å². The van der Waals surface area contributed by atoms with Crippen molar-refractivity contribution in [2.75, 3.05) is 26.4 Å². The van der Waals surface area contributed by atoms with Crippen LogP contribution in [0.2, 0.25) is 0 Å². The van der Waals surface area contributed by atoms with E-state index in [1.807, 2.05) is 18.2 Å². The van der Waals surface area contributed by atoms with Gasteiger partial charge in [0.25, 0.3) is 0 Å². The molecule has 1 aromatic carbocycles. The van der Waals surface area contributed by atoms with Gasteiger partial charge in [-0.1, -0.05) is 30.3 Å². The second kappa shape index (κ2) is 6.95. The maximum absolute atomic E-state index is 5.59. The molecule has 0 amide bonds. The van der Waals surface area contributed by atoms with Crippen molar-refractivity contribution in [1.29, 1.82) is 0 Å². The summed E-state index contributed by atoms with van der Waals surface area (Å²) in [6, 6.07) is 10.3. The summed E-state index contributed by atoms with van der Waals surface area (Å²) in [6.07, 6.45) is 0.164. The smallest absolute Gasteiger partial charge is 0.107 e. The number of rotatable bonds is 5. The van der Waals surface area contributed by atoms with Crippen LogP contribution < -0.4 is 5.32 Å². The van der Waals surface area contributed by atoms with Crippen LogP contribution in [0.15, 0.2) is 35.7 Å². The predicted octanol–water partition coefficient (Wildman–Crippen LogP) is 2.32. The van der Waals surface area contributed by atoms with Gasteiger partial charge >= 0.3 is 0 Å². The fourth-order valence-electron chi connectivity index (χ4n) is 2.13. The van der Waals surface area contributed by atoms with Gasteiger partial charge in [-0.2, -0.15) is 0 Å². The standard InChI is InChI=1S/C15H18N2O2S/c1-2-4-12(5-3-1)14-11-20-15(17-14)9-16-8-13-10-18-6-7-19-13/h1-5,11,13,16H,6-10H2. The van der Waals surface area contributed by atoms with Gasteiger partial charge < -0.3 is 14.8 Å². The van der Waals surface area contributed by atoms with Crippen molar-refractivity contribution in [2.24, 2.45) is 0 Å². The Morgan fingerprint density at radius 1 is 1.25 bits per heavy atom. The second-order valence-corrected chi connectivity index (χ2v) is 5.63. The lowest BCUT2D eigenvalue weighted by Gasteiger charge is -2.22. The number of ether oxygens (including phenoxy) is 2. The first kappa shape index (κ1) is 13.7. The highest BCUT2D eigenvalue weighted by atomic mass is 32.1. The minimum atomic E-state index is 0.164. The first-order valence-electron chi connectivity index (χ1n) is 6.82. The average Bonchev–Trinajstić information content (AvgIpc) is 2.98. The molecule has 0 bridgehead atoms. The molecule has 1 aliphatic rings. The molecular formula is C15H18N2O2S. The van der Waals surface area contributed by atoms with E-state index in [1.165, 1.54) is 5.56 Å². The summed E-state index contributed by atoms with van der Waals surface area (Å²) in [5.41, 5.74) is 2.21. The van der Waals surface area contributed by atoms with Crippen LogP contribution >= 0.6 is 11.3 Å². The van der Waals surface area contributed by atoms with Gasteiger partial charge in [-0.05, 0) is 0 Å². The SMILES string of the molecule is c1ccc(-c2csc(CNCC3COCCO3)n2)cc1. The Morgan fingerprint density at radius 2 is 2.15 bits per heavy atom. The lowest BCUT2D eigenvalue weighted by Crippen LogP contribution is -2.37. The van der Waals surface area contributed by atoms with Crippen LogP contribution in [-0.2, 0) is 16.0 Å². The molecule has 1 unspecified atom stereocenters. The Hall–Kier alpha value is -1.27. The molecule has 1 fully saturated rings. The minimum Gasteiger partial charge on any atom is -0.376 e. The highest BCUT2D eigenvalue weighted by Crippen LogP contribution is 2.21. The number of thiazole rings is 1. The van der Waals surface area contributed by atoms with Crippen LogP contribution in [0.3, 0.4) is 0 Å². The molecule has 4 nitrogen and oxygen atoms in total. The lowest BCUT2D eigenvalue weighted by atomic mass is 10.2. The summed E-state index contributed by atoms with van der Waals surface area (Å²) in [5.74, 6) is 0. The molecule has 2 aromatic rings. The Bertz CT molecular complexity index is 524.